The first-order valence-corrected chi connectivity index (χ1v) is 7.94. The van der Waals surface area contributed by atoms with Crippen molar-refractivity contribution in [2.75, 3.05) is 0 Å². The van der Waals surface area contributed by atoms with E-state index in [9.17, 15) is 4.79 Å². The predicted molar refractivity (Wildman–Crippen MR) is 86.2 cm³/mol. The van der Waals surface area contributed by atoms with Crippen LogP contribution in [-0.4, -0.2) is 20.3 Å². The molecule has 4 nitrogen and oxygen atoms in total. The number of carbonyl (C=O) groups is 1. The molecule has 3 heterocycles. The number of imidazole rings is 1. The molecule has 0 amide bonds. The van der Waals surface area contributed by atoms with Crippen LogP contribution >= 0.6 is 0 Å². The van der Waals surface area contributed by atoms with Gasteiger partial charge in [0.05, 0.1) is 30.0 Å². The summed E-state index contributed by atoms with van der Waals surface area (Å²) in [4.78, 5) is 21.7. The highest BCUT2D eigenvalue weighted by molar-refractivity contribution is 6.00. The number of aryl methyl sites for hydroxylation is 1. The van der Waals surface area contributed by atoms with Gasteiger partial charge in [0.25, 0.3) is 0 Å². The summed E-state index contributed by atoms with van der Waals surface area (Å²) in [6, 6.07) is 12.2. The molecule has 2 aromatic heterocycles. The summed E-state index contributed by atoms with van der Waals surface area (Å²) >= 11 is 0. The van der Waals surface area contributed by atoms with Crippen LogP contribution in [0.3, 0.4) is 0 Å². The first-order chi connectivity index (χ1) is 11.3. The highest BCUT2D eigenvalue weighted by Gasteiger charge is 2.40. The second-order valence-corrected chi connectivity index (χ2v) is 6.23. The first-order valence-electron chi connectivity index (χ1n) is 7.94. The number of aromatic nitrogens is 3. The molecule has 5 rings (SSSR count). The lowest BCUT2D eigenvalue weighted by Crippen LogP contribution is -2.30. The van der Waals surface area contributed by atoms with Gasteiger partial charge < -0.3 is 4.57 Å². The van der Waals surface area contributed by atoms with Crippen molar-refractivity contribution in [3.8, 4) is 11.3 Å². The van der Waals surface area contributed by atoms with E-state index in [1.807, 2.05) is 30.7 Å². The smallest absolute Gasteiger partial charge is 0.170 e. The lowest BCUT2D eigenvalue weighted by Gasteiger charge is -2.29. The standard InChI is InChI=1S/C19H15N3O/c23-19-14-6-3-9-21-16(14)8-7-15(19)18-13-5-2-1-4-12(13)17-10-20-11-22(17)18/h1-6,9-11,15,18H,7-8H2/t15-,18+/m1/s1. The van der Waals surface area contributed by atoms with E-state index in [4.69, 9.17) is 0 Å². The molecule has 3 aromatic rings. The Kier molecular flexibility index (Phi) is 2.56. The zero-order valence-electron chi connectivity index (χ0n) is 12.5. The monoisotopic (exact) mass is 301 g/mol. The molecule has 0 saturated heterocycles. The summed E-state index contributed by atoms with van der Waals surface area (Å²) in [6.07, 6.45) is 7.20. The number of hydrogen-bond donors (Lipinski definition) is 0. The van der Waals surface area contributed by atoms with Crippen molar-refractivity contribution >= 4 is 5.78 Å². The lowest BCUT2D eigenvalue weighted by molar-refractivity contribution is 0.0870. The molecule has 112 valence electrons. The maximum absolute atomic E-state index is 13.1. The average Bonchev–Trinajstić information content (AvgIpc) is 3.17. The van der Waals surface area contributed by atoms with Crippen LogP contribution in [-0.2, 0) is 6.42 Å². The van der Waals surface area contributed by atoms with E-state index >= 15 is 0 Å². The van der Waals surface area contributed by atoms with Crippen LogP contribution in [0.25, 0.3) is 11.3 Å². The van der Waals surface area contributed by atoms with Crippen LogP contribution < -0.4 is 0 Å². The summed E-state index contributed by atoms with van der Waals surface area (Å²) in [5.41, 5.74) is 5.26. The van der Waals surface area contributed by atoms with Gasteiger partial charge in [-0.25, -0.2) is 4.98 Å². The van der Waals surface area contributed by atoms with E-state index in [-0.39, 0.29) is 17.7 Å². The number of fused-ring (bicyclic) bond motifs is 4. The van der Waals surface area contributed by atoms with Crippen LogP contribution in [0.1, 0.15) is 34.1 Å². The minimum Gasteiger partial charge on any atom is -0.322 e. The van der Waals surface area contributed by atoms with E-state index in [0.29, 0.717) is 0 Å². The number of Topliss-reactive ketones (excluding diaryl/α,β-unsaturated/α-hetero) is 1. The van der Waals surface area contributed by atoms with Crippen LogP contribution in [0.5, 0.6) is 0 Å². The van der Waals surface area contributed by atoms with Crippen LogP contribution in [0.4, 0.5) is 0 Å². The van der Waals surface area contributed by atoms with Crippen molar-refractivity contribution in [2.45, 2.75) is 18.9 Å². The maximum atomic E-state index is 13.1. The van der Waals surface area contributed by atoms with Gasteiger partial charge in [-0.2, -0.15) is 0 Å². The Labute approximate surface area is 133 Å². The van der Waals surface area contributed by atoms with Crippen molar-refractivity contribution in [2.24, 2.45) is 5.92 Å². The molecule has 4 heteroatoms. The van der Waals surface area contributed by atoms with Crippen molar-refractivity contribution in [1.82, 2.24) is 14.5 Å². The molecular weight excluding hydrogens is 286 g/mol. The van der Waals surface area contributed by atoms with Gasteiger partial charge in [0, 0.05) is 23.2 Å². The molecule has 2 atom stereocenters. The minimum atomic E-state index is -0.0525. The maximum Gasteiger partial charge on any atom is 0.170 e. The van der Waals surface area contributed by atoms with Crippen molar-refractivity contribution in [1.29, 1.82) is 0 Å². The summed E-state index contributed by atoms with van der Waals surface area (Å²) in [5, 5.41) is 0. The number of benzene rings is 1. The number of pyridine rings is 1. The molecule has 0 N–H and O–H groups in total. The normalized spacial score (nSPS) is 21.7. The van der Waals surface area contributed by atoms with E-state index in [1.54, 1.807) is 6.20 Å². The lowest BCUT2D eigenvalue weighted by atomic mass is 9.78. The third kappa shape index (κ3) is 1.69. The van der Waals surface area contributed by atoms with E-state index in [0.717, 1.165) is 29.8 Å². The van der Waals surface area contributed by atoms with Gasteiger partial charge in [-0.05, 0) is 30.5 Å². The number of nitrogens with zero attached hydrogens (tertiary/aromatic N) is 3. The van der Waals surface area contributed by atoms with Gasteiger partial charge in [-0.15, -0.1) is 0 Å². The molecule has 0 spiro atoms. The Hall–Kier alpha value is -2.75. The van der Waals surface area contributed by atoms with Crippen LogP contribution in [0, 0.1) is 5.92 Å². The van der Waals surface area contributed by atoms with Crippen molar-refractivity contribution in [3.05, 3.63) is 71.9 Å². The molecule has 0 radical (unpaired) electrons. The summed E-state index contributed by atoms with van der Waals surface area (Å²) in [6.45, 7) is 0. The quantitative estimate of drug-likeness (QED) is 0.693. The minimum absolute atomic E-state index is 0.0459. The zero-order chi connectivity index (χ0) is 15.4. The second kappa shape index (κ2) is 4.62. The Balaban J connectivity index is 1.65. The van der Waals surface area contributed by atoms with Gasteiger partial charge in [0.15, 0.2) is 5.78 Å². The molecular formula is C19H15N3O. The number of rotatable bonds is 1. The fraction of sp³-hybridized carbons (Fsp3) is 0.211. The largest absolute Gasteiger partial charge is 0.322 e. The predicted octanol–water partition coefficient (Wildman–Crippen LogP) is 3.29. The van der Waals surface area contributed by atoms with Gasteiger partial charge >= 0.3 is 0 Å². The number of ketones is 1. The second-order valence-electron chi connectivity index (χ2n) is 6.23. The van der Waals surface area contributed by atoms with E-state index < -0.39 is 0 Å². The van der Waals surface area contributed by atoms with Crippen molar-refractivity contribution in [3.63, 3.8) is 0 Å². The Morgan fingerprint density at radius 2 is 1.96 bits per heavy atom. The highest BCUT2D eigenvalue weighted by atomic mass is 16.1. The molecule has 2 aliphatic rings. The molecule has 1 aromatic carbocycles. The van der Waals surface area contributed by atoms with Gasteiger partial charge in [-0.1, -0.05) is 24.3 Å². The average molecular weight is 301 g/mol. The van der Waals surface area contributed by atoms with Gasteiger partial charge in [0.1, 0.15) is 0 Å². The molecule has 1 aliphatic carbocycles. The Morgan fingerprint density at radius 1 is 1.09 bits per heavy atom. The number of hydrogen-bond acceptors (Lipinski definition) is 3. The molecule has 23 heavy (non-hydrogen) atoms. The third-order valence-corrected chi connectivity index (χ3v) is 5.09. The van der Waals surface area contributed by atoms with Crippen LogP contribution in [0.15, 0.2) is 55.1 Å². The Morgan fingerprint density at radius 3 is 2.91 bits per heavy atom. The molecule has 0 saturated carbocycles. The van der Waals surface area contributed by atoms with Crippen LogP contribution in [0.2, 0.25) is 0 Å². The fourth-order valence-electron chi connectivity index (χ4n) is 4.07. The Bertz CT molecular complexity index is 928. The first kappa shape index (κ1) is 12.8. The highest BCUT2D eigenvalue weighted by Crippen LogP contribution is 2.45. The van der Waals surface area contributed by atoms with E-state index in [1.165, 1.54) is 11.1 Å². The van der Waals surface area contributed by atoms with Gasteiger partial charge in [-0.3, -0.25) is 9.78 Å². The third-order valence-electron chi connectivity index (χ3n) is 5.09. The van der Waals surface area contributed by atoms with Crippen molar-refractivity contribution < 1.29 is 4.79 Å². The van der Waals surface area contributed by atoms with Gasteiger partial charge in [0.2, 0.25) is 0 Å². The van der Waals surface area contributed by atoms with E-state index in [2.05, 4.69) is 32.7 Å². The molecule has 0 unspecified atom stereocenters. The summed E-state index contributed by atoms with van der Waals surface area (Å²) in [7, 11) is 0. The molecule has 1 aliphatic heterocycles. The SMILES string of the molecule is O=C1c2cccnc2CC[C@@H]1[C@@H]1c2ccccc2-c2cncn21. The topological polar surface area (TPSA) is 47.8 Å². The summed E-state index contributed by atoms with van der Waals surface area (Å²) < 4.78 is 2.16. The summed E-state index contributed by atoms with van der Waals surface area (Å²) in [5.74, 6) is 0.156. The zero-order valence-corrected chi connectivity index (χ0v) is 12.5. The fourth-order valence-corrected chi connectivity index (χ4v) is 4.07. The number of carbonyl (C=O) groups excluding carboxylic acids is 1. The molecule has 0 fully saturated rings. The molecule has 0 bridgehead atoms.